The molecule has 0 spiro atoms. The van der Waals surface area contributed by atoms with Crippen LogP contribution in [0.5, 0.6) is 0 Å². The summed E-state index contributed by atoms with van der Waals surface area (Å²) in [7, 11) is 0. The van der Waals surface area contributed by atoms with Crippen molar-refractivity contribution in [3.63, 3.8) is 0 Å². The molecule has 4 aliphatic rings. The molecule has 1 atom stereocenters. The van der Waals surface area contributed by atoms with Gasteiger partial charge in [-0.3, -0.25) is 4.79 Å². The number of nitrogens with one attached hydrogen (secondary N) is 1. The van der Waals surface area contributed by atoms with Gasteiger partial charge >= 0.3 is 5.97 Å². The van der Waals surface area contributed by atoms with E-state index in [1.54, 1.807) is 29.9 Å². The molecule has 6 rings (SSSR count). The van der Waals surface area contributed by atoms with Crippen molar-refractivity contribution in [2.24, 2.45) is 17.8 Å². The SMILES string of the molecule is Cc1ccnn1-c1ccc(C(=O)O[C@H](C)C(=O)NC23CC4CC(CC(C4)C2)C3)cc1. The van der Waals surface area contributed by atoms with Gasteiger partial charge in [-0.05, 0) is 100 Å². The molecule has 0 unspecified atom stereocenters. The van der Waals surface area contributed by atoms with Crippen LogP contribution in [0.1, 0.15) is 61.5 Å². The first kappa shape index (κ1) is 19.3. The van der Waals surface area contributed by atoms with Crippen molar-refractivity contribution in [1.29, 1.82) is 0 Å². The van der Waals surface area contributed by atoms with Crippen molar-refractivity contribution in [3.8, 4) is 5.69 Å². The van der Waals surface area contributed by atoms with E-state index in [0.717, 1.165) is 48.4 Å². The lowest BCUT2D eigenvalue weighted by atomic mass is 9.53. The average Bonchev–Trinajstić information content (AvgIpc) is 3.12. The molecule has 1 aromatic heterocycles. The zero-order chi connectivity index (χ0) is 20.9. The molecular formula is C24H29N3O3. The second-order valence-corrected chi connectivity index (χ2v) is 9.67. The summed E-state index contributed by atoms with van der Waals surface area (Å²) >= 11 is 0. The normalized spacial score (nSPS) is 30.1. The van der Waals surface area contributed by atoms with Crippen molar-refractivity contribution in [2.75, 3.05) is 0 Å². The van der Waals surface area contributed by atoms with Crippen LogP contribution in [0.4, 0.5) is 0 Å². The number of aryl methyl sites for hydroxylation is 1. The first-order valence-corrected chi connectivity index (χ1v) is 11.0. The van der Waals surface area contributed by atoms with Gasteiger partial charge in [0, 0.05) is 17.4 Å². The molecule has 4 bridgehead atoms. The highest BCUT2D eigenvalue weighted by molar-refractivity contribution is 5.92. The van der Waals surface area contributed by atoms with Crippen LogP contribution in [-0.4, -0.2) is 33.3 Å². The fourth-order valence-corrected chi connectivity index (χ4v) is 6.29. The molecule has 158 valence electrons. The minimum atomic E-state index is -0.807. The van der Waals surface area contributed by atoms with E-state index in [-0.39, 0.29) is 11.4 Å². The van der Waals surface area contributed by atoms with Gasteiger partial charge in [0.2, 0.25) is 0 Å². The summed E-state index contributed by atoms with van der Waals surface area (Å²) in [6.07, 6.45) is 8.16. The van der Waals surface area contributed by atoms with Crippen LogP contribution in [-0.2, 0) is 9.53 Å². The number of carbonyl (C=O) groups excluding carboxylic acids is 2. The van der Waals surface area contributed by atoms with E-state index < -0.39 is 12.1 Å². The Balaban J connectivity index is 1.21. The van der Waals surface area contributed by atoms with Crippen molar-refractivity contribution in [1.82, 2.24) is 15.1 Å². The first-order valence-electron chi connectivity index (χ1n) is 11.0. The number of esters is 1. The molecule has 6 heteroatoms. The highest BCUT2D eigenvalue weighted by Gasteiger charge is 2.51. The molecule has 4 saturated carbocycles. The smallest absolute Gasteiger partial charge is 0.338 e. The second-order valence-electron chi connectivity index (χ2n) is 9.67. The molecule has 4 aliphatic carbocycles. The molecule has 0 radical (unpaired) electrons. The number of hydrogen-bond acceptors (Lipinski definition) is 4. The Morgan fingerprint density at radius 3 is 2.20 bits per heavy atom. The number of benzene rings is 1. The van der Waals surface area contributed by atoms with Crippen LogP contribution in [0.2, 0.25) is 0 Å². The lowest BCUT2D eigenvalue weighted by molar-refractivity contribution is -0.134. The van der Waals surface area contributed by atoms with Gasteiger partial charge in [0.15, 0.2) is 6.10 Å². The lowest BCUT2D eigenvalue weighted by Gasteiger charge is -2.57. The van der Waals surface area contributed by atoms with Crippen LogP contribution in [0.3, 0.4) is 0 Å². The van der Waals surface area contributed by atoms with Crippen LogP contribution >= 0.6 is 0 Å². The number of carbonyl (C=O) groups is 2. The van der Waals surface area contributed by atoms with Gasteiger partial charge in [0.05, 0.1) is 11.3 Å². The van der Waals surface area contributed by atoms with Crippen molar-refractivity contribution < 1.29 is 14.3 Å². The molecule has 4 fully saturated rings. The Labute approximate surface area is 177 Å². The third-order valence-corrected chi connectivity index (χ3v) is 7.26. The number of aromatic nitrogens is 2. The van der Waals surface area contributed by atoms with Crippen molar-refractivity contribution in [2.45, 2.75) is 64.0 Å². The quantitative estimate of drug-likeness (QED) is 0.765. The van der Waals surface area contributed by atoms with E-state index in [2.05, 4.69) is 10.4 Å². The van der Waals surface area contributed by atoms with Crippen LogP contribution in [0.15, 0.2) is 36.5 Å². The maximum atomic E-state index is 12.8. The molecule has 1 heterocycles. The maximum absolute atomic E-state index is 12.8. The standard InChI is InChI=1S/C24H29N3O3/c1-15-7-8-25-27(15)21-5-3-20(4-6-21)23(29)30-16(2)22(28)26-24-12-17-9-18(13-24)11-19(10-17)14-24/h3-8,16-19H,9-14H2,1-2H3,(H,26,28)/t16-,17?,18?,19?,24?/m1/s1. The van der Waals surface area contributed by atoms with E-state index in [0.29, 0.717) is 5.56 Å². The van der Waals surface area contributed by atoms with Crippen LogP contribution in [0, 0.1) is 24.7 Å². The van der Waals surface area contributed by atoms with E-state index in [1.165, 1.54) is 19.3 Å². The monoisotopic (exact) mass is 407 g/mol. The van der Waals surface area contributed by atoms with Gasteiger partial charge in [-0.2, -0.15) is 5.10 Å². The molecule has 2 aromatic rings. The van der Waals surface area contributed by atoms with Crippen LogP contribution in [0.25, 0.3) is 5.69 Å². The predicted octanol–water partition coefficient (Wildman–Crippen LogP) is 3.81. The zero-order valence-corrected chi connectivity index (χ0v) is 17.6. The third-order valence-electron chi connectivity index (χ3n) is 7.26. The molecule has 1 amide bonds. The number of rotatable bonds is 5. The topological polar surface area (TPSA) is 73.2 Å². The Morgan fingerprint density at radius 1 is 1.07 bits per heavy atom. The molecule has 30 heavy (non-hydrogen) atoms. The maximum Gasteiger partial charge on any atom is 0.338 e. The lowest BCUT2D eigenvalue weighted by Crippen LogP contribution is -2.61. The van der Waals surface area contributed by atoms with E-state index in [9.17, 15) is 9.59 Å². The largest absolute Gasteiger partial charge is 0.449 e. The summed E-state index contributed by atoms with van der Waals surface area (Å²) < 4.78 is 7.30. The van der Waals surface area contributed by atoms with Gasteiger partial charge in [-0.1, -0.05) is 0 Å². The average molecular weight is 408 g/mol. The fourth-order valence-electron chi connectivity index (χ4n) is 6.29. The van der Waals surface area contributed by atoms with Crippen LogP contribution < -0.4 is 5.32 Å². The molecule has 1 N–H and O–H groups in total. The minimum Gasteiger partial charge on any atom is -0.449 e. The van der Waals surface area contributed by atoms with Gasteiger partial charge in [-0.25, -0.2) is 9.48 Å². The summed E-state index contributed by atoms with van der Waals surface area (Å²) in [4.78, 5) is 25.4. The summed E-state index contributed by atoms with van der Waals surface area (Å²) in [5, 5.41) is 7.56. The Kier molecular flexibility index (Phi) is 4.68. The zero-order valence-electron chi connectivity index (χ0n) is 17.6. The summed E-state index contributed by atoms with van der Waals surface area (Å²) in [5.74, 6) is 1.62. The minimum absolute atomic E-state index is 0.0736. The molecule has 0 aliphatic heterocycles. The van der Waals surface area contributed by atoms with E-state index in [1.807, 2.05) is 25.1 Å². The number of nitrogens with zero attached hydrogens (tertiary/aromatic N) is 2. The molecule has 1 aromatic carbocycles. The van der Waals surface area contributed by atoms with E-state index in [4.69, 9.17) is 4.74 Å². The van der Waals surface area contributed by atoms with Gasteiger partial charge < -0.3 is 10.1 Å². The fraction of sp³-hybridized carbons (Fsp3) is 0.542. The number of ether oxygens (including phenoxy) is 1. The highest BCUT2D eigenvalue weighted by atomic mass is 16.5. The molecular weight excluding hydrogens is 378 g/mol. The van der Waals surface area contributed by atoms with Gasteiger partial charge in [-0.15, -0.1) is 0 Å². The van der Waals surface area contributed by atoms with Gasteiger partial charge in [0.25, 0.3) is 5.91 Å². The summed E-state index contributed by atoms with van der Waals surface area (Å²) in [6, 6.07) is 9.00. The second kappa shape index (κ2) is 7.25. The molecule has 6 nitrogen and oxygen atoms in total. The van der Waals surface area contributed by atoms with Crippen molar-refractivity contribution in [3.05, 3.63) is 47.8 Å². The first-order chi connectivity index (χ1) is 14.4. The molecule has 0 saturated heterocycles. The number of amides is 1. The number of hydrogen-bond donors (Lipinski definition) is 1. The summed E-state index contributed by atoms with van der Waals surface area (Å²) in [5.41, 5.74) is 2.25. The predicted molar refractivity (Wildman–Crippen MR) is 112 cm³/mol. The summed E-state index contributed by atoms with van der Waals surface area (Å²) in [6.45, 7) is 3.63. The highest BCUT2D eigenvalue weighted by Crippen LogP contribution is 2.55. The Bertz CT molecular complexity index is 927. The van der Waals surface area contributed by atoms with E-state index >= 15 is 0 Å². The Hall–Kier alpha value is -2.63. The Morgan fingerprint density at radius 2 is 1.67 bits per heavy atom. The third kappa shape index (κ3) is 3.53. The van der Waals surface area contributed by atoms with Gasteiger partial charge in [0.1, 0.15) is 0 Å². The van der Waals surface area contributed by atoms with Crippen molar-refractivity contribution >= 4 is 11.9 Å².